The molecule has 184 valence electrons. The Kier molecular flexibility index (Phi) is 6.75. The van der Waals surface area contributed by atoms with E-state index in [4.69, 9.17) is 9.84 Å². The van der Waals surface area contributed by atoms with Gasteiger partial charge < -0.3 is 20.5 Å². The van der Waals surface area contributed by atoms with Crippen molar-refractivity contribution in [2.24, 2.45) is 11.8 Å². The number of carboxylic acid groups (broad SMARTS) is 1. The van der Waals surface area contributed by atoms with Crippen molar-refractivity contribution in [1.82, 2.24) is 10.6 Å². The second kappa shape index (κ2) is 10.1. The number of aliphatic carboxylic acids is 1. The van der Waals surface area contributed by atoms with E-state index >= 15 is 0 Å². The molecule has 0 heterocycles. The molecule has 3 N–H and O–H groups in total. The van der Waals surface area contributed by atoms with Gasteiger partial charge in [-0.25, -0.2) is 4.79 Å². The molecule has 2 aromatic carbocycles. The summed E-state index contributed by atoms with van der Waals surface area (Å²) in [5.41, 5.74) is 4.71. The average molecular weight is 477 g/mol. The minimum Gasteiger partial charge on any atom is -0.481 e. The van der Waals surface area contributed by atoms with Crippen molar-refractivity contribution in [2.75, 3.05) is 6.61 Å². The summed E-state index contributed by atoms with van der Waals surface area (Å²) in [4.78, 5) is 36.5. The predicted octanol–water partition coefficient (Wildman–Crippen LogP) is 4.45. The predicted molar refractivity (Wildman–Crippen MR) is 131 cm³/mol. The minimum atomic E-state index is -0.891. The zero-order chi connectivity index (χ0) is 24.4. The lowest BCUT2D eigenvalue weighted by atomic mass is 9.98. The first kappa shape index (κ1) is 23.4. The topological polar surface area (TPSA) is 105 Å². The van der Waals surface area contributed by atoms with Gasteiger partial charge in [-0.05, 0) is 59.8 Å². The third kappa shape index (κ3) is 5.34. The smallest absolute Gasteiger partial charge is 0.407 e. The number of benzene rings is 2. The number of carbonyl (C=O) groups excluding carboxylic acids is 2. The molecule has 2 saturated carbocycles. The third-order valence-electron chi connectivity index (χ3n) is 7.69. The van der Waals surface area contributed by atoms with Crippen LogP contribution in [0.5, 0.6) is 0 Å². The van der Waals surface area contributed by atoms with Crippen LogP contribution in [0.1, 0.15) is 62.0 Å². The number of fused-ring (bicyclic) bond motifs is 3. The van der Waals surface area contributed by atoms with Gasteiger partial charge in [0.1, 0.15) is 6.61 Å². The summed E-state index contributed by atoms with van der Waals surface area (Å²) in [5, 5.41) is 15.0. The van der Waals surface area contributed by atoms with E-state index in [2.05, 4.69) is 34.9 Å². The quantitative estimate of drug-likeness (QED) is 0.496. The summed E-state index contributed by atoms with van der Waals surface area (Å²) in [5.74, 6) is -0.715. The SMILES string of the molecule is O=C(O)CC(NC(=O)C[C@@H]1CCC[C@H]1NC(=O)OCC1c2ccccc2-c2ccccc21)C1CC1. The third-order valence-corrected chi connectivity index (χ3v) is 7.69. The summed E-state index contributed by atoms with van der Waals surface area (Å²) in [6.07, 6.45) is 4.33. The van der Waals surface area contributed by atoms with E-state index in [1.165, 1.54) is 22.3 Å². The number of alkyl carbamates (subject to hydrolysis) is 1. The highest BCUT2D eigenvalue weighted by Crippen LogP contribution is 2.44. The van der Waals surface area contributed by atoms with Crippen LogP contribution in [-0.4, -0.2) is 41.8 Å². The number of ether oxygens (including phenoxy) is 1. The molecule has 0 spiro atoms. The molecule has 0 bridgehead atoms. The van der Waals surface area contributed by atoms with Gasteiger partial charge in [0.25, 0.3) is 0 Å². The molecule has 2 amide bonds. The van der Waals surface area contributed by atoms with E-state index in [0.717, 1.165) is 32.1 Å². The van der Waals surface area contributed by atoms with E-state index in [-0.39, 0.29) is 55.2 Å². The maximum absolute atomic E-state index is 12.7. The van der Waals surface area contributed by atoms with Gasteiger partial charge in [0.2, 0.25) is 5.91 Å². The highest BCUT2D eigenvalue weighted by Gasteiger charge is 2.36. The maximum atomic E-state index is 12.7. The Morgan fingerprint density at radius 3 is 2.23 bits per heavy atom. The highest BCUT2D eigenvalue weighted by atomic mass is 16.5. The number of hydrogen-bond donors (Lipinski definition) is 3. The molecule has 0 aliphatic heterocycles. The number of carboxylic acids is 1. The van der Waals surface area contributed by atoms with Crippen LogP contribution < -0.4 is 10.6 Å². The normalized spacial score (nSPS) is 21.6. The highest BCUT2D eigenvalue weighted by molar-refractivity contribution is 5.79. The molecule has 5 rings (SSSR count). The Hall–Kier alpha value is -3.35. The second-order valence-corrected chi connectivity index (χ2v) is 10.1. The van der Waals surface area contributed by atoms with Crippen molar-refractivity contribution >= 4 is 18.0 Å². The van der Waals surface area contributed by atoms with Gasteiger partial charge in [0.05, 0.1) is 6.42 Å². The minimum absolute atomic E-state index is 0.00638. The van der Waals surface area contributed by atoms with Gasteiger partial charge in [-0.1, -0.05) is 55.0 Å². The van der Waals surface area contributed by atoms with Crippen LogP contribution in [0.2, 0.25) is 0 Å². The lowest BCUT2D eigenvalue weighted by Crippen LogP contribution is -2.42. The van der Waals surface area contributed by atoms with Crippen molar-refractivity contribution in [3.05, 3.63) is 59.7 Å². The van der Waals surface area contributed by atoms with Gasteiger partial charge in [-0.2, -0.15) is 0 Å². The Morgan fingerprint density at radius 1 is 0.943 bits per heavy atom. The molecular formula is C28H32N2O5. The summed E-state index contributed by atoms with van der Waals surface area (Å²) in [7, 11) is 0. The molecule has 2 fully saturated rings. The lowest BCUT2D eigenvalue weighted by molar-refractivity contribution is -0.138. The molecule has 2 aromatic rings. The van der Waals surface area contributed by atoms with Crippen LogP contribution in [0.15, 0.2) is 48.5 Å². The van der Waals surface area contributed by atoms with Gasteiger partial charge in [0, 0.05) is 24.4 Å². The number of hydrogen-bond acceptors (Lipinski definition) is 4. The standard InChI is InChI=1S/C28H32N2O5/c31-26(29-25(15-27(32)33)17-12-13-17)14-18-6-5-11-24(18)30-28(34)35-16-23-21-9-3-1-7-19(21)20-8-2-4-10-22(20)23/h1-4,7-10,17-18,23-25H,5-6,11-16H2,(H,29,31)(H,30,34)(H,32,33)/t18-,24+,25?/m0/s1. The first-order valence-corrected chi connectivity index (χ1v) is 12.6. The molecule has 3 aliphatic rings. The molecule has 3 atom stereocenters. The first-order chi connectivity index (χ1) is 17.0. The van der Waals surface area contributed by atoms with Gasteiger partial charge in [0.15, 0.2) is 0 Å². The number of rotatable bonds is 9. The van der Waals surface area contributed by atoms with E-state index < -0.39 is 12.1 Å². The van der Waals surface area contributed by atoms with Crippen molar-refractivity contribution in [3.8, 4) is 11.1 Å². The Bertz CT molecular complexity index is 1070. The van der Waals surface area contributed by atoms with Gasteiger partial charge in [-0.3, -0.25) is 9.59 Å². The van der Waals surface area contributed by atoms with Crippen LogP contribution in [-0.2, 0) is 14.3 Å². The largest absolute Gasteiger partial charge is 0.481 e. The Morgan fingerprint density at radius 2 is 1.60 bits per heavy atom. The van der Waals surface area contributed by atoms with E-state index in [1.807, 2.05) is 24.3 Å². The van der Waals surface area contributed by atoms with Crippen LogP contribution >= 0.6 is 0 Å². The monoisotopic (exact) mass is 476 g/mol. The fourth-order valence-electron chi connectivity index (χ4n) is 5.79. The fraction of sp³-hybridized carbons (Fsp3) is 0.464. The van der Waals surface area contributed by atoms with Gasteiger partial charge in [-0.15, -0.1) is 0 Å². The lowest BCUT2D eigenvalue weighted by Gasteiger charge is -2.23. The maximum Gasteiger partial charge on any atom is 0.407 e. The molecule has 0 saturated heterocycles. The fourth-order valence-corrected chi connectivity index (χ4v) is 5.79. The summed E-state index contributed by atoms with van der Waals surface area (Å²) in [6, 6.07) is 16.0. The van der Waals surface area contributed by atoms with Crippen molar-refractivity contribution in [3.63, 3.8) is 0 Å². The van der Waals surface area contributed by atoms with Gasteiger partial charge >= 0.3 is 12.1 Å². The average Bonchev–Trinajstić information content (AvgIpc) is 3.53. The van der Waals surface area contributed by atoms with Crippen molar-refractivity contribution in [2.45, 2.75) is 62.9 Å². The molecule has 7 heteroatoms. The number of amides is 2. The molecule has 1 unspecified atom stereocenters. The molecular weight excluding hydrogens is 444 g/mol. The molecule has 7 nitrogen and oxygen atoms in total. The zero-order valence-corrected chi connectivity index (χ0v) is 19.7. The number of carbonyl (C=O) groups is 3. The van der Waals surface area contributed by atoms with Crippen LogP contribution in [0.25, 0.3) is 11.1 Å². The summed E-state index contributed by atoms with van der Waals surface area (Å²) in [6.45, 7) is 0.260. The van der Waals surface area contributed by atoms with Crippen molar-refractivity contribution in [1.29, 1.82) is 0 Å². The zero-order valence-electron chi connectivity index (χ0n) is 19.7. The van der Waals surface area contributed by atoms with E-state index in [9.17, 15) is 14.4 Å². The van der Waals surface area contributed by atoms with E-state index in [0.29, 0.717) is 0 Å². The summed E-state index contributed by atoms with van der Waals surface area (Å²) >= 11 is 0. The van der Waals surface area contributed by atoms with Crippen molar-refractivity contribution < 1.29 is 24.2 Å². The molecule has 0 aromatic heterocycles. The Labute approximate surface area is 205 Å². The van der Waals surface area contributed by atoms with Crippen LogP contribution in [0.3, 0.4) is 0 Å². The molecule has 35 heavy (non-hydrogen) atoms. The molecule has 0 radical (unpaired) electrons. The number of nitrogens with one attached hydrogen (secondary N) is 2. The van der Waals surface area contributed by atoms with Crippen LogP contribution in [0.4, 0.5) is 4.79 Å². The summed E-state index contributed by atoms with van der Waals surface area (Å²) < 4.78 is 5.69. The second-order valence-electron chi connectivity index (χ2n) is 10.1. The molecule has 3 aliphatic carbocycles. The van der Waals surface area contributed by atoms with Crippen LogP contribution in [0, 0.1) is 11.8 Å². The first-order valence-electron chi connectivity index (χ1n) is 12.6. The van der Waals surface area contributed by atoms with E-state index in [1.54, 1.807) is 0 Å². The Balaban J connectivity index is 1.14.